The van der Waals surface area contributed by atoms with Gasteiger partial charge in [0, 0.05) is 39.0 Å². The zero-order valence-electron chi connectivity index (χ0n) is 10.5. The smallest absolute Gasteiger partial charge is 0.249 e. The fourth-order valence-electron chi connectivity index (χ4n) is 2.74. The molecule has 5 heteroatoms. The van der Waals surface area contributed by atoms with E-state index in [1.54, 1.807) is 7.11 Å². The standard InChI is InChI=1S/C12H22N2O3/c1-16-9-12(15)14(11-2-5-13-8-11)10-3-6-17-7-4-10/h10-11,13H,2-9H2,1H3. The topological polar surface area (TPSA) is 50.8 Å². The van der Waals surface area contributed by atoms with Crippen molar-refractivity contribution in [2.45, 2.75) is 31.3 Å². The van der Waals surface area contributed by atoms with E-state index in [1.165, 1.54) is 0 Å². The van der Waals surface area contributed by atoms with Gasteiger partial charge in [-0.3, -0.25) is 4.79 Å². The molecule has 5 nitrogen and oxygen atoms in total. The number of nitrogens with zero attached hydrogens (tertiary/aromatic N) is 1. The molecular weight excluding hydrogens is 220 g/mol. The van der Waals surface area contributed by atoms with Gasteiger partial charge in [-0.2, -0.15) is 0 Å². The van der Waals surface area contributed by atoms with E-state index in [0.717, 1.165) is 45.6 Å². The number of carbonyl (C=O) groups excluding carboxylic acids is 1. The Morgan fingerprint density at radius 3 is 2.71 bits per heavy atom. The lowest BCUT2D eigenvalue weighted by molar-refractivity contribution is -0.142. The fourth-order valence-corrected chi connectivity index (χ4v) is 2.74. The van der Waals surface area contributed by atoms with Gasteiger partial charge in [0.1, 0.15) is 6.61 Å². The van der Waals surface area contributed by atoms with E-state index in [-0.39, 0.29) is 12.5 Å². The lowest BCUT2D eigenvalue weighted by atomic mass is 10.0. The summed E-state index contributed by atoms with van der Waals surface area (Å²) in [5.74, 6) is 0.119. The Bertz CT molecular complexity index is 248. The van der Waals surface area contributed by atoms with Gasteiger partial charge in [-0.05, 0) is 25.8 Å². The molecule has 98 valence electrons. The maximum Gasteiger partial charge on any atom is 0.249 e. The highest BCUT2D eigenvalue weighted by atomic mass is 16.5. The Morgan fingerprint density at radius 2 is 2.12 bits per heavy atom. The molecule has 0 bridgehead atoms. The number of methoxy groups -OCH3 is 1. The third kappa shape index (κ3) is 3.18. The first-order valence-corrected chi connectivity index (χ1v) is 6.41. The Kier molecular flexibility index (Phi) is 4.76. The first kappa shape index (κ1) is 12.8. The summed E-state index contributed by atoms with van der Waals surface area (Å²) in [6, 6.07) is 0.664. The molecule has 0 spiro atoms. The van der Waals surface area contributed by atoms with Crippen molar-refractivity contribution in [1.29, 1.82) is 0 Å². The van der Waals surface area contributed by atoms with E-state index >= 15 is 0 Å². The van der Waals surface area contributed by atoms with Crippen LogP contribution in [-0.2, 0) is 14.3 Å². The predicted octanol–water partition coefficient (Wildman–Crippen LogP) is 0.00230. The molecule has 2 heterocycles. The van der Waals surface area contributed by atoms with Crippen molar-refractivity contribution >= 4 is 5.91 Å². The minimum absolute atomic E-state index is 0.119. The summed E-state index contributed by atoms with van der Waals surface area (Å²) in [5.41, 5.74) is 0. The monoisotopic (exact) mass is 242 g/mol. The van der Waals surface area contributed by atoms with E-state index in [9.17, 15) is 4.79 Å². The average molecular weight is 242 g/mol. The first-order valence-electron chi connectivity index (χ1n) is 6.41. The largest absolute Gasteiger partial charge is 0.381 e. The summed E-state index contributed by atoms with van der Waals surface area (Å²) in [4.78, 5) is 14.2. The van der Waals surface area contributed by atoms with E-state index < -0.39 is 0 Å². The number of hydrogen-bond acceptors (Lipinski definition) is 4. The Labute approximate surface area is 102 Å². The van der Waals surface area contributed by atoms with Crippen LogP contribution >= 0.6 is 0 Å². The Morgan fingerprint density at radius 1 is 1.35 bits per heavy atom. The number of carbonyl (C=O) groups is 1. The van der Waals surface area contributed by atoms with Gasteiger partial charge in [-0.1, -0.05) is 0 Å². The Hall–Kier alpha value is -0.650. The van der Waals surface area contributed by atoms with Crippen molar-refractivity contribution in [3.63, 3.8) is 0 Å². The van der Waals surface area contributed by atoms with Crippen LogP contribution in [0.4, 0.5) is 0 Å². The molecule has 2 aliphatic rings. The quantitative estimate of drug-likeness (QED) is 0.754. The molecule has 1 amide bonds. The summed E-state index contributed by atoms with van der Waals surface area (Å²) in [6.07, 6.45) is 2.95. The van der Waals surface area contributed by atoms with Gasteiger partial charge in [-0.15, -0.1) is 0 Å². The number of hydrogen-bond donors (Lipinski definition) is 1. The van der Waals surface area contributed by atoms with E-state index in [2.05, 4.69) is 5.32 Å². The van der Waals surface area contributed by atoms with E-state index in [4.69, 9.17) is 9.47 Å². The van der Waals surface area contributed by atoms with Gasteiger partial charge in [0.15, 0.2) is 0 Å². The SMILES string of the molecule is COCC(=O)N(C1CCOCC1)C1CCNC1. The second kappa shape index (κ2) is 6.33. The predicted molar refractivity (Wildman–Crippen MR) is 63.8 cm³/mol. The maximum atomic E-state index is 12.2. The molecule has 0 aromatic carbocycles. The minimum atomic E-state index is 0.119. The summed E-state index contributed by atoms with van der Waals surface area (Å²) < 4.78 is 10.4. The van der Waals surface area contributed by atoms with Crippen molar-refractivity contribution in [1.82, 2.24) is 10.2 Å². The number of ether oxygens (including phenoxy) is 2. The molecule has 0 saturated carbocycles. The van der Waals surface area contributed by atoms with Crippen LogP contribution in [0.5, 0.6) is 0 Å². The van der Waals surface area contributed by atoms with Gasteiger partial charge in [0.2, 0.25) is 5.91 Å². The summed E-state index contributed by atoms with van der Waals surface area (Å²) in [5, 5.41) is 3.32. The summed E-state index contributed by atoms with van der Waals surface area (Å²) in [7, 11) is 1.58. The van der Waals surface area contributed by atoms with Crippen LogP contribution in [0.1, 0.15) is 19.3 Å². The highest BCUT2D eigenvalue weighted by Gasteiger charge is 2.33. The van der Waals surface area contributed by atoms with Crippen molar-refractivity contribution in [3.8, 4) is 0 Å². The zero-order chi connectivity index (χ0) is 12.1. The third-order valence-electron chi connectivity index (χ3n) is 3.57. The molecule has 0 aromatic heterocycles. The Balaban J connectivity index is 2.01. The molecule has 2 rings (SSSR count). The van der Waals surface area contributed by atoms with Crippen LogP contribution in [0.2, 0.25) is 0 Å². The molecule has 1 atom stereocenters. The fraction of sp³-hybridized carbons (Fsp3) is 0.917. The second-order valence-electron chi connectivity index (χ2n) is 4.72. The summed E-state index contributed by atoms with van der Waals surface area (Å²) in [6.45, 7) is 3.63. The molecule has 1 N–H and O–H groups in total. The normalized spacial score (nSPS) is 26.1. The van der Waals surface area contributed by atoms with Gasteiger partial charge in [0.05, 0.1) is 0 Å². The van der Waals surface area contributed by atoms with E-state index in [0.29, 0.717) is 12.1 Å². The molecule has 2 aliphatic heterocycles. The molecule has 0 aromatic rings. The first-order chi connectivity index (χ1) is 8.33. The van der Waals surface area contributed by atoms with Gasteiger partial charge in [-0.25, -0.2) is 0 Å². The highest BCUT2D eigenvalue weighted by Crippen LogP contribution is 2.20. The van der Waals surface area contributed by atoms with Crippen LogP contribution < -0.4 is 5.32 Å². The van der Waals surface area contributed by atoms with Crippen molar-refractivity contribution in [2.24, 2.45) is 0 Å². The third-order valence-corrected chi connectivity index (χ3v) is 3.57. The van der Waals surface area contributed by atoms with Gasteiger partial charge >= 0.3 is 0 Å². The molecule has 0 radical (unpaired) electrons. The lowest BCUT2D eigenvalue weighted by Crippen LogP contribution is -2.51. The number of rotatable bonds is 4. The van der Waals surface area contributed by atoms with Crippen LogP contribution in [0.15, 0.2) is 0 Å². The molecule has 2 fully saturated rings. The van der Waals surface area contributed by atoms with Crippen LogP contribution in [0.3, 0.4) is 0 Å². The molecule has 17 heavy (non-hydrogen) atoms. The average Bonchev–Trinajstić information content (AvgIpc) is 2.85. The zero-order valence-corrected chi connectivity index (χ0v) is 10.5. The van der Waals surface area contributed by atoms with Crippen LogP contribution in [-0.4, -0.2) is 62.9 Å². The van der Waals surface area contributed by atoms with Crippen molar-refractivity contribution in [3.05, 3.63) is 0 Å². The lowest BCUT2D eigenvalue weighted by Gasteiger charge is -2.38. The van der Waals surface area contributed by atoms with Crippen LogP contribution in [0, 0.1) is 0 Å². The highest BCUT2D eigenvalue weighted by molar-refractivity contribution is 5.78. The van der Waals surface area contributed by atoms with Crippen LogP contribution in [0.25, 0.3) is 0 Å². The molecule has 1 unspecified atom stereocenters. The van der Waals surface area contributed by atoms with E-state index in [1.807, 2.05) is 4.90 Å². The molecule has 2 saturated heterocycles. The number of amides is 1. The number of nitrogens with one attached hydrogen (secondary N) is 1. The van der Waals surface area contributed by atoms with Gasteiger partial charge < -0.3 is 19.7 Å². The molecule has 0 aliphatic carbocycles. The second-order valence-corrected chi connectivity index (χ2v) is 4.72. The van der Waals surface area contributed by atoms with Gasteiger partial charge in [0.25, 0.3) is 0 Å². The van der Waals surface area contributed by atoms with Crippen molar-refractivity contribution in [2.75, 3.05) is 40.0 Å². The van der Waals surface area contributed by atoms with Crippen molar-refractivity contribution < 1.29 is 14.3 Å². The molecular formula is C12H22N2O3. The minimum Gasteiger partial charge on any atom is -0.381 e. The maximum absolute atomic E-state index is 12.2. The summed E-state index contributed by atoms with van der Waals surface area (Å²) >= 11 is 0.